The van der Waals surface area contributed by atoms with Gasteiger partial charge < -0.3 is 9.15 Å². The van der Waals surface area contributed by atoms with Crippen LogP contribution in [0.5, 0.6) is 0 Å². The van der Waals surface area contributed by atoms with Crippen LogP contribution in [0.2, 0.25) is 0 Å². The van der Waals surface area contributed by atoms with E-state index in [2.05, 4.69) is 0 Å². The summed E-state index contributed by atoms with van der Waals surface area (Å²) < 4.78 is 11.0. The van der Waals surface area contributed by atoms with Crippen LogP contribution in [0.3, 0.4) is 0 Å². The minimum atomic E-state index is -0.539. The van der Waals surface area contributed by atoms with Gasteiger partial charge in [-0.1, -0.05) is 60.7 Å². The second-order valence-corrected chi connectivity index (χ2v) is 7.39. The van der Waals surface area contributed by atoms with Crippen molar-refractivity contribution in [2.45, 2.75) is 26.4 Å². The highest BCUT2D eigenvalue weighted by molar-refractivity contribution is 5.84. The summed E-state index contributed by atoms with van der Waals surface area (Å²) in [6.07, 6.45) is 0. The fraction of sp³-hybridized carbons (Fsp3) is 0.154. The van der Waals surface area contributed by atoms with Gasteiger partial charge in [-0.25, -0.2) is 4.79 Å². The van der Waals surface area contributed by atoms with Crippen molar-refractivity contribution in [2.24, 2.45) is 0 Å². The van der Waals surface area contributed by atoms with E-state index in [9.17, 15) is 9.59 Å². The van der Waals surface area contributed by atoms with Gasteiger partial charge in [0.25, 0.3) is 0 Å². The second-order valence-electron chi connectivity index (χ2n) is 7.39. The first-order valence-corrected chi connectivity index (χ1v) is 9.83. The Bertz CT molecular complexity index is 1200. The van der Waals surface area contributed by atoms with Gasteiger partial charge in [-0.15, -0.1) is 0 Å². The third-order valence-electron chi connectivity index (χ3n) is 5.32. The molecule has 150 valence electrons. The summed E-state index contributed by atoms with van der Waals surface area (Å²) >= 11 is 0. The Morgan fingerprint density at radius 2 is 1.43 bits per heavy atom. The molecule has 0 aliphatic carbocycles. The maximum atomic E-state index is 13.1. The van der Waals surface area contributed by atoms with E-state index < -0.39 is 11.5 Å². The summed E-state index contributed by atoms with van der Waals surface area (Å²) in [5.41, 5.74) is 4.51. The number of aryl methyl sites for hydroxylation is 2. The normalized spacial score (nSPS) is 11.0. The van der Waals surface area contributed by atoms with Crippen molar-refractivity contribution in [3.8, 4) is 0 Å². The summed E-state index contributed by atoms with van der Waals surface area (Å²) in [6, 6.07) is 24.3. The number of esters is 1. The van der Waals surface area contributed by atoms with Crippen molar-refractivity contribution in [1.82, 2.24) is 0 Å². The average Bonchev–Trinajstić information content (AvgIpc) is 2.75. The lowest BCUT2D eigenvalue weighted by molar-refractivity contribution is -0.145. The zero-order valence-electron chi connectivity index (χ0n) is 16.9. The molecule has 0 spiro atoms. The molecule has 4 nitrogen and oxygen atoms in total. The molecule has 0 radical (unpaired) electrons. The van der Waals surface area contributed by atoms with Gasteiger partial charge in [0.15, 0.2) is 0 Å². The Labute approximate surface area is 174 Å². The Hall–Kier alpha value is -3.66. The molecule has 30 heavy (non-hydrogen) atoms. The maximum absolute atomic E-state index is 13.1. The molecule has 1 aromatic heterocycles. The van der Waals surface area contributed by atoms with E-state index in [4.69, 9.17) is 9.15 Å². The monoisotopic (exact) mass is 398 g/mol. The molecule has 4 rings (SSSR count). The Morgan fingerprint density at radius 1 is 0.867 bits per heavy atom. The van der Waals surface area contributed by atoms with E-state index >= 15 is 0 Å². The molecule has 3 aromatic carbocycles. The Kier molecular flexibility index (Phi) is 5.48. The molecule has 0 aliphatic heterocycles. The van der Waals surface area contributed by atoms with Gasteiger partial charge in [-0.2, -0.15) is 0 Å². The number of ether oxygens (including phenoxy) is 1. The molecule has 0 saturated heterocycles. The first-order valence-electron chi connectivity index (χ1n) is 9.83. The summed E-state index contributed by atoms with van der Waals surface area (Å²) in [5.74, 6) is -0.902. The van der Waals surface area contributed by atoms with Crippen molar-refractivity contribution < 1.29 is 13.9 Å². The fourth-order valence-corrected chi connectivity index (χ4v) is 3.59. The first-order chi connectivity index (χ1) is 14.5. The molecule has 0 fully saturated rings. The largest absolute Gasteiger partial charge is 0.460 e. The number of benzene rings is 3. The molecule has 0 atom stereocenters. The number of carbonyl (C=O) groups is 1. The van der Waals surface area contributed by atoms with E-state index in [1.807, 2.05) is 86.6 Å². The maximum Gasteiger partial charge on any atom is 0.336 e. The van der Waals surface area contributed by atoms with Crippen LogP contribution in [0.4, 0.5) is 0 Å². The molecule has 4 heteroatoms. The average molecular weight is 398 g/mol. The number of hydrogen-bond donors (Lipinski definition) is 0. The quantitative estimate of drug-likeness (QED) is 0.339. The molecule has 1 heterocycles. The molecule has 0 bridgehead atoms. The topological polar surface area (TPSA) is 56.5 Å². The highest BCUT2D eigenvalue weighted by Gasteiger charge is 2.24. The summed E-state index contributed by atoms with van der Waals surface area (Å²) in [5, 5.41) is 0.779. The number of hydrogen-bond acceptors (Lipinski definition) is 4. The van der Waals surface area contributed by atoms with Gasteiger partial charge in [0, 0.05) is 17.0 Å². The number of carbonyl (C=O) groups excluding carboxylic acids is 1. The Balaban J connectivity index is 1.66. The van der Waals surface area contributed by atoms with E-state index in [-0.39, 0.29) is 12.6 Å². The molecular formula is C26H22O4. The van der Waals surface area contributed by atoms with Gasteiger partial charge in [0.2, 0.25) is 0 Å². The van der Waals surface area contributed by atoms with Gasteiger partial charge in [-0.3, -0.25) is 4.79 Å². The zero-order chi connectivity index (χ0) is 21.1. The first kappa shape index (κ1) is 19.6. The van der Waals surface area contributed by atoms with Gasteiger partial charge in [0.1, 0.15) is 18.1 Å². The Morgan fingerprint density at radius 3 is 2.03 bits per heavy atom. The van der Waals surface area contributed by atoms with Gasteiger partial charge in [0.05, 0.1) is 0 Å². The van der Waals surface area contributed by atoms with E-state index in [1.54, 1.807) is 0 Å². The predicted octanol–water partition coefficient (Wildman–Crippen LogP) is 5.29. The third-order valence-corrected chi connectivity index (χ3v) is 5.32. The second kappa shape index (κ2) is 8.37. The highest BCUT2D eigenvalue weighted by atomic mass is 16.5. The smallest absolute Gasteiger partial charge is 0.336 e. The molecule has 4 aromatic rings. The molecule has 0 amide bonds. The van der Waals surface area contributed by atoms with Crippen LogP contribution in [0.25, 0.3) is 11.0 Å². The lowest BCUT2D eigenvalue weighted by Crippen LogP contribution is -2.17. The summed E-state index contributed by atoms with van der Waals surface area (Å²) in [6.45, 7) is 3.96. The number of rotatable bonds is 5. The zero-order valence-corrected chi connectivity index (χ0v) is 16.9. The minimum Gasteiger partial charge on any atom is -0.460 e. The van der Waals surface area contributed by atoms with Gasteiger partial charge >= 0.3 is 11.6 Å². The van der Waals surface area contributed by atoms with Crippen molar-refractivity contribution in [2.75, 3.05) is 0 Å². The van der Waals surface area contributed by atoms with E-state index in [0.717, 1.165) is 27.6 Å². The van der Waals surface area contributed by atoms with E-state index in [1.165, 1.54) is 6.07 Å². The van der Waals surface area contributed by atoms with Crippen molar-refractivity contribution in [3.05, 3.63) is 117 Å². The van der Waals surface area contributed by atoms with Crippen LogP contribution in [0.1, 0.15) is 33.7 Å². The SMILES string of the molecule is Cc1cc2oc(=O)cc(COC(=O)C(c3ccccc3)c3ccccc3)c2cc1C. The van der Waals surface area contributed by atoms with Gasteiger partial charge in [-0.05, 0) is 48.2 Å². The molecule has 0 saturated carbocycles. The van der Waals surface area contributed by atoms with Crippen molar-refractivity contribution >= 4 is 16.9 Å². The summed E-state index contributed by atoms with van der Waals surface area (Å²) in [7, 11) is 0. The molecule has 0 unspecified atom stereocenters. The molecule has 0 aliphatic rings. The summed E-state index contributed by atoms with van der Waals surface area (Å²) in [4.78, 5) is 25.2. The van der Waals surface area contributed by atoms with Crippen molar-refractivity contribution in [1.29, 1.82) is 0 Å². The molecular weight excluding hydrogens is 376 g/mol. The standard InChI is InChI=1S/C26H22O4/c1-17-13-22-21(15-24(27)30-23(22)14-18(17)2)16-29-26(28)25(19-9-5-3-6-10-19)20-11-7-4-8-12-20/h3-15,25H,16H2,1-2H3. The van der Waals surface area contributed by atoms with Crippen LogP contribution >= 0.6 is 0 Å². The lowest BCUT2D eigenvalue weighted by atomic mass is 9.91. The lowest BCUT2D eigenvalue weighted by Gasteiger charge is -2.17. The third kappa shape index (κ3) is 4.03. The highest BCUT2D eigenvalue weighted by Crippen LogP contribution is 2.27. The van der Waals surface area contributed by atoms with Crippen LogP contribution in [0, 0.1) is 13.8 Å². The minimum absolute atomic E-state index is 0.000395. The molecule has 0 N–H and O–H groups in total. The van der Waals surface area contributed by atoms with E-state index in [0.29, 0.717) is 11.1 Å². The van der Waals surface area contributed by atoms with Crippen molar-refractivity contribution in [3.63, 3.8) is 0 Å². The number of fused-ring (bicyclic) bond motifs is 1. The van der Waals surface area contributed by atoms with Crippen LogP contribution in [-0.4, -0.2) is 5.97 Å². The van der Waals surface area contributed by atoms with Crippen LogP contribution in [-0.2, 0) is 16.1 Å². The van der Waals surface area contributed by atoms with Crippen LogP contribution in [0.15, 0.2) is 88.1 Å². The fourth-order valence-electron chi connectivity index (χ4n) is 3.59. The van der Waals surface area contributed by atoms with Crippen LogP contribution < -0.4 is 5.63 Å². The predicted molar refractivity (Wildman–Crippen MR) is 116 cm³/mol.